The number of rotatable bonds is 3. The molecule has 0 atom stereocenters. The van der Waals surface area contributed by atoms with Gasteiger partial charge in [-0.25, -0.2) is 0 Å². The summed E-state index contributed by atoms with van der Waals surface area (Å²) < 4.78 is 39.2. The average Bonchev–Trinajstić information content (AvgIpc) is 2.40. The molecule has 0 spiro atoms. The van der Waals surface area contributed by atoms with Crippen LogP contribution in [0.15, 0.2) is 18.2 Å². The molecule has 0 amide bonds. The smallest absolute Gasteiger partial charge is 0.299 e. The highest BCUT2D eigenvalue weighted by Crippen LogP contribution is 2.35. The summed E-state index contributed by atoms with van der Waals surface area (Å²) >= 11 is 0. The maximum absolute atomic E-state index is 13.1. The van der Waals surface area contributed by atoms with Crippen LogP contribution in [-0.4, -0.2) is 22.9 Å². The van der Waals surface area contributed by atoms with Crippen LogP contribution < -0.4 is 0 Å². The first-order valence-corrected chi connectivity index (χ1v) is 6.84. The molecule has 1 heterocycles. The molecule has 1 aromatic rings. The quantitative estimate of drug-likeness (QED) is 0.629. The first kappa shape index (κ1) is 15.8. The van der Waals surface area contributed by atoms with Crippen molar-refractivity contribution in [2.75, 3.05) is 13.1 Å². The van der Waals surface area contributed by atoms with E-state index in [0.717, 1.165) is 32.0 Å². The zero-order chi connectivity index (χ0) is 15.6. The van der Waals surface area contributed by atoms with Gasteiger partial charge in [0, 0.05) is 18.7 Å². The highest BCUT2D eigenvalue weighted by atomic mass is 19.4. The van der Waals surface area contributed by atoms with Crippen molar-refractivity contribution in [3.05, 3.63) is 39.4 Å². The second-order valence-corrected chi connectivity index (χ2v) is 5.55. The van der Waals surface area contributed by atoms with Gasteiger partial charge in [0.15, 0.2) is 0 Å². The van der Waals surface area contributed by atoms with Crippen LogP contribution in [0, 0.1) is 16.0 Å². The van der Waals surface area contributed by atoms with Crippen LogP contribution in [0.2, 0.25) is 0 Å². The zero-order valence-electron chi connectivity index (χ0n) is 11.7. The number of nitro benzene ring substituents is 1. The molecule has 0 aliphatic carbocycles. The SMILES string of the molecule is CC1CCN(Cc2ccc([N+](=O)[O-])cc2C(F)(F)F)CC1. The summed E-state index contributed by atoms with van der Waals surface area (Å²) in [7, 11) is 0. The molecule has 1 saturated heterocycles. The number of alkyl halides is 3. The van der Waals surface area contributed by atoms with Gasteiger partial charge in [0.25, 0.3) is 5.69 Å². The molecule has 21 heavy (non-hydrogen) atoms. The number of nitrogens with zero attached hydrogens (tertiary/aromatic N) is 2. The van der Waals surface area contributed by atoms with Crippen molar-refractivity contribution in [1.82, 2.24) is 4.90 Å². The Bertz CT molecular complexity index is 523. The minimum Gasteiger partial charge on any atom is -0.299 e. The monoisotopic (exact) mass is 302 g/mol. The van der Waals surface area contributed by atoms with Crippen LogP contribution in [0.5, 0.6) is 0 Å². The lowest BCUT2D eigenvalue weighted by molar-refractivity contribution is -0.385. The second kappa shape index (κ2) is 6.01. The van der Waals surface area contributed by atoms with Gasteiger partial charge in [-0.3, -0.25) is 15.0 Å². The molecule has 1 aliphatic rings. The van der Waals surface area contributed by atoms with Crippen molar-refractivity contribution in [2.24, 2.45) is 5.92 Å². The molecule has 0 N–H and O–H groups in total. The van der Waals surface area contributed by atoms with E-state index < -0.39 is 22.4 Å². The van der Waals surface area contributed by atoms with E-state index in [1.165, 1.54) is 6.07 Å². The minimum atomic E-state index is -4.58. The predicted octanol–water partition coefficient (Wildman–Crippen LogP) is 3.85. The Morgan fingerprint density at radius 1 is 1.33 bits per heavy atom. The fourth-order valence-electron chi connectivity index (χ4n) is 2.54. The van der Waals surface area contributed by atoms with Crippen LogP contribution in [0.25, 0.3) is 0 Å². The third-order valence-corrected chi connectivity index (χ3v) is 3.88. The van der Waals surface area contributed by atoms with E-state index in [-0.39, 0.29) is 12.1 Å². The van der Waals surface area contributed by atoms with Crippen LogP contribution in [-0.2, 0) is 12.7 Å². The Hall–Kier alpha value is -1.63. The number of non-ortho nitro benzene ring substituents is 1. The van der Waals surface area contributed by atoms with E-state index in [9.17, 15) is 23.3 Å². The van der Waals surface area contributed by atoms with Crippen LogP contribution in [0.1, 0.15) is 30.9 Å². The summed E-state index contributed by atoms with van der Waals surface area (Å²) in [6.07, 6.45) is -2.65. The standard InChI is InChI=1S/C14H17F3N2O2/c1-10-4-6-18(7-5-10)9-11-2-3-12(19(20)21)8-13(11)14(15,16)17/h2-3,8,10H,4-7,9H2,1H3. The molecule has 1 fully saturated rings. The Labute approximate surface area is 120 Å². The number of halogens is 3. The normalized spacial score (nSPS) is 17.9. The lowest BCUT2D eigenvalue weighted by atomic mass is 9.98. The first-order chi connectivity index (χ1) is 9.77. The summed E-state index contributed by atoms with van der Waals surface area (Å²) in [5.74, 6) is 0.597. The van der Waals surface area contributed by atoms with Crippen LogP contribution in [0.4, 0.5) is 18.9 Å². The molecule has 7 heteroatoms. The summed E-state index contributed by atoms with van der Waals surface area (Å²) in [6, 6.07) is 2.98. The second-order valence-electron chi connectivity index (χ2n) is 5.55. The van der Waals surface area contributed by atoms with Gasteiger partial charge in [0.1, 0.15) is 0 Å². The third-order valence-electron chi connectivity index (χ3n) is 3.88. The predicted molar refractivity (Wildman–Crippen MR) is 71.8 cm³/mol. The number of piperidine rings is 1. The summed E-state index contributed by atoms with van der Waals surface area (Å²) in [5, 5.41) is 10.6. The Morgan fingerprint density at radius 3 is 2.48 bits per heavy atom. The molecule has 0 unspecified atom stereocenters. The van der Waals surface area contributed by atoms with E-state index in [4.69, 9.17) is 0 Å². The number of hydrogen-bond donors (Lipinski definition) is 0. The highest BCUT2D eigenvalue weighted by molar-refractivity contribution is 5.41. The van der Waals surface area contributed by atoms with Gasteiger partial charge in [-0.05, 0) is 37.4 Å². The van der Waals surface area contributed by atoms with E-state index in [1.807, 2.05) is 4.90 Å². The van der Waals surface area contributed by atoms with E-state index >= 15 is 0 Å². The molecular formula is C14H17F3N2O2. The van der Waals surface area contributed by atoms with Crippen molar-refractivity contribution in [3.63, 3.8) is 0 Å². The van der Waals surface area contributed by atoms with Gasteiger partial charge in [-0.15, -0.1) is 0 Å². The fraction of sp³-hybridized carbons (Fsp3) is 0.571. The van der Waals surface area contributed by atoms with Crippen LogP contribution >= 0.6 is 0 Å². The van der Waals surface area contributed by atoms with Crippen molar-refractivity contribution >= 4 is 5.69 Å². The lowest BCUT2D eigenvalue weighted by Gasteiger charge is -2.30. The average molecular weight is 302 g/mol. The summed E-state index contributed by atoms with van der Waals surface area (Å²) in [5.41, 5.74) is -1.34. The topological polar surface area (TPSA) is 46.4 Å². The van der Waals surface area contributed by atoms with Gasteiger partial charge >= 0.3 is 6.18 Å². The Balaban J connectivity index is 2.24. The highest BCUT2D eigenvalue weighted by Gasteiger charge is 2.35. The lowest BCUT2D eigenvalue weighted by Crippen LogP contribution is -2.33. The maximum atomic E-state index is 13.1. The summed E-state index contributed by atoms with van der Waals surface area (Å²) in [4.78, 5) is 11.8. The molecule has 0 saturated carbocycles. The molecular weight excluding hydrogens is 285 g/mol. The van der Waals surface area contributed by atoms with Gasteiger partial charge in [-0.2, -0.15) is 13.2 Å². The van der Waals surface area contributed by atoms with Gasteiger partial charge < -0.3 is 0 Å². The van der Waals surface area contributed by atoms with Gasteiger partial charge in [0.2, 0.25) is 0 Å². The zero-order valence-corrected chi connectivity index (χ0v) is 11.7. The molecule has 0 aromatic heterocycles. The number of likely N-dealkylation sites (tertiary alicyclic amines) is 1. The van der Waals surface area contributed by atoms with Crippen molar-refractivity contribution in [2.45, 2.75) is 32.5 Å². The minimum absolute atomic E-state index is 0.0997. The Kier molecular flexibility index (Phi) is 4.51. The molecule has 0 bridgehead atoms. The molecule has 2 rings (SSSR count). The van der Waals surface area contributed by atoms with Crippen molar-refractivity contribution in [1.29, 1.82) is 0 Å². The molecule has 116 valence electrons. The number of nitro groups is 1. The molecule has 0 radical (unpaired) electrons. The van der Waals surface area contributed by atoms with E-state index in [0.29, 0.717) is 12.0 Å². The van der Waals surface area contributed by atoms with Gasteiger partial charge in [0.05, 0.1) is 10.5 Å². The van der Waals surface area contributed by atoms with E-state index in [2.05, 4.69) is 6.92 Å². The Morgan fingerprint density at radius 2 is 1.95 bits per heavy atom. The van der Waals surface area contributed by atoms with Crippen LogP contribution in [0.3, 0.4) is 0 Å². The number of benzene rings is 1. The van der Waals surface area contributed by atoms with E-state index in [1.54, 1.807) is 0 Å². The molecule has 1 aromatic carbocycles. The summed E-state index contributed by atoms with van der Waals surface area (Å²) in [6.45, 7) is 3.83. The van der Waals surface area contributed by atoms with Gasteiger partial charge in [-0.1, -0.05) is 13.0 Å². The van der Waals surface area contributed by atoms with Crippen molar-refractivity contribution < 1.29 is 18.1 Å². The fourth-order valence-corrected chi connectivity index (χ4v) is 2.54. The number of hydrogen-bond acceptors (Lipinski definition) is 3. The van der Waals surface area contributed by atoms with Crippen molar-refractivity contribution in [3.8, 4) is 0 Å². The molecule has 4 nitrogen and oxygen atoms in total. The largest absolute Gasteiger partial charge is 0.416 e. The maximum Gasteiger partial charge on any atom is 0.416 e. The third kappa shape index (κ3) is 3.93. The molecule has 1 aliphatic heterocycles. The first-order valence-electron chi connectivity index (χ1n) is 6.84.